The quantitative estimate of drug-likeness (QED) is 0.0941. The number of amides is 2. The lowest BCUT2D eigenvalue weighted by Crippen LogP contribution is -2.47. The zero-order chi connectivity index (χ0) is 40.4. The second kappa shape index (κ2) is 16.5. The Hall–Kier alpha value is -5.86. The van der Waals surface area contributed by atoms with E-state index in [1.807, 2.05) is 12.1 Å². The molecule has 0 bridgehead atoms. The Balaban J connectivity index is 0.832. The number of hydrogen-bond acceptors (Lipinski definition) is 11. The summed E-state index contributed by atoms with van der Waals surface area (Å²) in [6.45, 7) is 12.8. The van der Waals surface area contributed by atoms with Crippen molar-refractivity contribution in [3.05, 3.63) is 107 Å². The van der Waals surface area contributed by atoms with Crippen molar-refractivity contribution in [1.82, 2.24) is 34.5 Å². The summed E-state index contributed by atoms with van der Waals surface area (Å²) in [6.07, 6.45) is 8.67. The summed E-state index contributed by atoms with van der Waals surface area (Å²) in [5.74, 6) is 1.57. The minimum absolute atomic E-state index is 0.204. The zero-order valence-corrected chi connectivity index (χ0v) is 33.2. The molecule has 0 spiro atoms. The molecule has 302 valence electrons. The van der Waals surface area contributed by atoms with Gasteiger partial charge in [0.05, 0.1) is 12.2 Å². The number of piperidine rings is 3. The molecule has 3 fully saturated rings. The highest BCUT2D eigenvalue weighted by Gasteiger charge is 2.28. The van der Waals surface area contributed by atoms with Gasteiger partial charge in [0, 0.05) is 49.3 Å². The molecule has 0 aliphatic carbocycles. The summed E-state index contributed by atoms with van der Waals surface area (Å²) in [5.41, 5.74) is 3.76. The first-order valence-electron chi connectivity index (χ1n) is 20.4. The second-order valence-corrected chi connectivity index (χ2v) is 16.3. The molecule has 1 atom stereocenters. The van der Waals surface area contributed by atoms with Gasteiger partial charge in [-0.15, -0.1) is 6.58 Å². The third-order valence-corrected chi connectivity index (χ3v) is 11.7. The van der Waals surface area contributed by atoms with Gasteiger partial charge in [-0.1, -0.05) is 24.3 Å². The van der Waals surface area contributed by atoms with Crippen LogP contribution in [0.1, 0.15) is 69.5 Å². The van der Waals surface area contributed by atoms with Crippen LogP contribution in [0, 0.1) is 5.92 Å². The van der Waals surface area contributed by atoms with E-state index in [9.17, 15) is 19.5 Å². The van der Waals surface area contributed by atoms with Crippen molar-refractivity contribution in [2.45, 2.75) is 76.5 Å². The molecule has 3 saturated heterocycles. The molecule has 0 radical (unpaired) electrons. The molecule has 0 saturated carbocycles. The Labute approximate surface area is 338 Å². The number of aliphatic hydroxyl groups is 1. The number of carbonyl (C=O) groups excluding carboxylic acids is 2. The molecule has 2 amide bonds. The van der Waals surface area contributed by atoms with Crippen LogP contribution in [0.15, 0.2) is 90.4 Å². The molecule has 3 aliphatic heterocycles. The smallest absolute Gasteiger partial charge is 0.278 e. The number of allylic oxidation sites excluding steroid dienone is 1. The van der Waals surface area contributed by atoms with Crippen molar-refractivity contribution in [3.8, 4) is 5.82 Å². The molecular formula is C44H52N10O4. The first-order valence-corrected chi connectivity index (χ1v) is 20.4. The number of hydrogen-bond donors (Lipinski definition) is 4. The van der Waals surface area contributed by atoms with Gasteiger partial charge in [-0.05, 0) is 125 Å². The number of rotatable bonds is 12. The molecule has 3 aromatic heterocycles. The van der Waals surface area contributed by atoms with Crippen molar-refractivity contribution < 1.29 is 14.7 Å². The summed E-state index contributed by atoms with van der Waals surface area (Å²) in [7, 11) is 0. The molecule has 5 aromatic rings. The molecule has 58 heavy (non-hydrogen) atoms. The van der Waals surface area contributed by atoms with Gasteiger partial charge in [0.15, 0.2) is 11.5 Å². The fourth-order valence-corrected chi connectivity index (χ4v) is 8.45. The normalized spacial score (nSPS) is 18.7. The number of pyridine rings is 1. The average Bonchev–Trinajstić information content (AvgIpc) is 3.49. The van der Waals surface area contributed by atoms with Gasteiger partial charge in [-0.2, -0.15) is 4.98 Å². The van der Waals surface area contributed by atoms with Crippen LogP contribution >= 0.6 is 0 Å². The molecule has 6 heterocycles. The van der Waals surface area contributed by atoms with Gasteiger partial charge in [-0.3, -0.25) is 19.7 Å². The minimum Gasteiger partial charge on any atom is -0.384 e. The molecule has 14 heteroatoms. The first kappa shape index (κ1) is 39.0. The lowest BCUT2D eigenvalue weighted by Gasteiger charge is -2.38. The molecule has 2 aromatic carbocycles. The summed E-state index contributed by atoms with van der Waals surface area (Å²) in [5, 5.41) is 20.0. The van der Waals surface area contributed by atoms with Gasteiger partial charge < -0.3 is 25.5 Å². The Morgan fingerprint density at radius 2 is 1.62 bits per heavy atom. The topological polar surface area (TPSA) is 163 Å². The van der Waals surface area contributed by atoms with Crippen molar-refractivity contribution in [2.75, 3.05) is 48.3 Å². The standard InChI is InChI=1S/C44H52N10O4/c1-4-22-53-42(57)35-27-45-43(50-40(35)54(53)38-7-5-6-37(48-38)44(2,3)58)47-33-10-8-30(9-11-33)31-20-23-51(24-21-31)28-29-18-25-52(26-19-29)34-14-12-32(13-15-34)46-36-16-17-39(55)49-41(36)56/h4-15,27,29,31,36,46,58H,1,16-26,28H2,2-3H3,(H,45,47,50)(H,49,55,56). The van der Waals surface area contributed by atoms with E-state index in [0.29, 0.717) is 53.2 Å². The van der Waals surface area contributed by atoms with Gasteiger partial charge in [-0.25, -0.2) is 19.3 Å². The summed E-state index contributed by atoms with van der Waals surface area (Å²) in [4.78, 5) is 56.0. The Kier molecular flexibility index (Phi) is 11.1. The average molecular weight is 785 g/mol. The van der Waals surface area contributed by atoms with Crippen LogP contribution in [0.2, 0.25) is 0 Å². The lowest BCUT2D eigenvalue weighted by molar-refractivity contribution is -0.133. The summed E-state index contributed by atoms with van der Waals surface area (Å²) >= 11 is 0. The fourth-order valence-electron chi connectivity index (χ4n) is 8.45. The molecule has 4 N–H and O–H groups in total. The highest BCUT2D eigenvalue weighted by molar-refractivity contribution is 6.01. The van der Waals surface area contributed by atoms with Crippen LogP contribution in [0.5, 0.6) is 0 Å². The fraction of sp³-hybridized carbons (Fsp3) is 0.409. The molecule has 14 nitrogen and oxygen atoms in total. The van der Waals surface area contributed by atoms with Crippen LogP contribution < -0.4 is 26.4 Å². The van der Waals surface area contributed by atoms with E-state index in [2.05, 4.69) is 78.7 Å². The van der Waals surface area contributed by atoms with Gasteiger partial charge in [0.2, 0.25) is 17.8 Å². The number of anilines is 4. The maximum atomic E-state index is 13.4. The largest absolute Gasteiger partial charge is 0.384 e. The molecule has 8 rings (SSSR count). The van der Waals surface area contributed by atoms with Crippen LogP contribution in [0.4, 0.5) is 23.0 Å². The Morgan fingerprint density at radius 3 is 2.31 bits per heavy atom. The number of carbonyl (C=O) groups is 2. The van der Waals surface area contributed by atoms with Crippen LogP contribution in [-0.2, 0) is 21.7 Å². The maximum Gasteiger partial charge on any atom is 0.278 e. The van der Waals surface area contributed by atoms with E-state index >= 15 is 0 Å². The molecule has 3 aliphatic rings. The van der Waals surface area contributed by atoms with Crippen molar-refractivity contribution in [1.29, 1.82) is 0 Å². The van der Waals surface area contributed by atoms with Crippen molar-refractivity contribution in [3.63, 3.8) is 0 Å². The van der Waals surface area contributed by atoms with Crippen LogP contribution in [0.25, 0.3) is 16.9 Å². The monoisotopic (exact) mass is 784 g/mol. The second-order valence-electron chi connectivity index (χ2n) is 16.3. The van der Waals surface area contributed by atoms with Crippen LogP contribution in [0.3, 0.4) is 0 Å². The predicted molar refractivity (Wildman–Crippen MR) is 226 cm³/mol. The van der Waals surface area contributed by atoms with E-state index in [1.54, 1.807) is 49.0 Å². The third kappa shape index (κ3) is 8.53. The van der Waals surface area contributed by atoms with Gasteiger partial charge in [0.1, 0.15) is 17.0 Å². The number of benzene rings is 2. The number of likely N-dealkylation sites (tertiary alicyclic amines) is 1. The molecule has 1 unspecified atom stereocenters. The van der Waals surface area contributed by atoms with Crippen LogP contribution in [-0.4, -0.2) is 84.9 Å². The lowest BCUT2D eigenvalue weighted by atomic mass is 9.88. The number of fused-ring (bicyclic) bond motifs is 1. The van der Waals surface area contributed by atoms with Crippen molar-refractivity contribution in [2.24, 2.45) is 5.92 Å². The summed E-state index contributed by atoms with van der Waals surface area (Å²) < 4.78 is 3.18. The van der Waals surface area contributed by atoms with E-state index in [-0.39, 0.29) is 30.0 Å². The van der Waals surface area contributed by atoms with E-state index in [4.69, 9.17) is 4.98 Å². The predicted octanol–water partition coefficient (Wildman–Crippen LogP) is 5.45. The maximum absolute atomic E-state index is 13.4. The Bertz CT molecular complexity index is 2330. The minimum atomic E-state index is -1.16. The van der Waals surface area contributed by atoms with E-state index < -0.39 is 5.60 Å². The number of aromatic nitrogens is 5. The van der Waals surface area contributed by atoms with E-state index in [0.717, 1.165) is 56.9 Å². The third-order valence-electron chi connectivity index (χ3n) is 11.7. The Morgan fingerprint density at radius 1 is 0.897 bits per heavy atom. The van der Waals surface area contributed by atoms with Crippen molar-refractivity contribution >= 4 is 45.9 Å². The zero-order valence-electron chi connectivity index (χ0n) is 33.2. The highest BCUT2D eigenvalue weighted by Crippen LogP contribution is 2.32. The van der Waals surface area contributed by atoms with E-state index in [1.165, 1.54) is 28.8 Å². The van der Waals surface area contributed by atoms with Gasteiger partial charge in [0.25, 0.3) is 5.56 Å². The first-order chi connectivity index (χ1) is 28.0. The SMILES string of the molecule is C=CCn1c(=O)c2cnc(Nc3ccc(C4CCN(CC5CCN(c6ccc(NC7CCC(=O)NC7=O)cc6)CC5)CC4)cc3)nc2n1-c1cccc(C(C)(C)O)n1. The number of nitrogens with zero attached hydrogens (tertiary/aromatic N) is 7. The molecular weight excluding hydrogens is 733 g/mol. The summed E-state index contributed by atoms with van der Waals surface area (Å²) in [6, 6.07) is 21.8. The number of nitrogens with one attached hydrogen (secondary N) is 3. The highest BCUT2D eigenvalue weighted by atomic mass is 16.3. The number of imide groups is 1. The van der Waals surface area contributed by atoms with Gasteiger partial charge >= 0.3 is 0 Å².